The molecule has 0 saturated carbocycles. The van der Waals surface area contributed by atoms with Crippen LogP contribution in [-0.2, 0) is 46.0 Å². The van der Waals surface area contributed by atoms with Gasteiger partial charge in [-0.05, 0) is 44.5 Å². The topological polar surface area (TPSA) is 106 Å². The van der Waals surface area contributed by atoms with Gasteiger partial charge in [0.05, 0.1) is 42.9 Å². The summed E-state index contributed by atoms with van der Waals surface area (Å²) in [6.45, 7) is 0. The Hall–Kier alpha value is -6.35. The Morgan fingerprint density at radius 1 is 0.202 bits per heavy atom. The average molecular weight is 1310 g/mol. The largest absolute Gasteiger partial charge is 2.00 e. The molecule has 0 spiro atoms. The second kappa shape index (κ2) is 31.6. The molecule has 8 bridgehead atoms. The molecule has 3 aromatic heterocycles. The quantitative estimate of drug-likeness (QED) is 0.0423. The van der Waals surface area contributed by atoms with E-state index in [0.29, 0.717) is 91.9 Å². The van der Waals surface area contributed by atoms with E-state index in [4.69, 9.17) is 39.9 Å². The monoisotopic (exact) mass is 1310 g/mol. The van der Waals surface area contributed by atoms with Crippen molar-refractivity contribution in [3.05, 3.63) is 310 Å². The van der Waals surface area contributed by atoms with Gasteiger partial charge in [0.25, 0.3) is 0 Å². The van der Waals surface area contributed by atoms with Crippen molar-refractivity contribution in [1.29, 1.82) is 0 Å². The molecule has 2 aliphatic rings. The van der Waals surface area contributed by atoms with Crippen LogP contribution in [0.1, 0.15) is 67.8 Å². The number of fused-ring (bicyclic) bond motifs is 8. The maximum Gasteiger partial charge on any atom is 2.00 e. The van der Waals surface area contributed by atoms with Crippen LogP contribution >= 0.6 is 94.1 Å². The van der Waals surface area contributed by atoms with Crippen LogP contribution in [0, 0.1) is 0 Å². The minimum atomic E-state index is 0. The molecule has 11 aromatic rings. The SMILES string of the molecule is [Mg+2].c1ccc(CSC2=C(SCc3ccccc3)c3nc2nc2[n-]c(nc4nc(nc5[n-]c(n3)c(SCc3ccccc3)c5SCc3ccccc3)C(SCc3ccccc3)=C4SCc3ccccc3)c(SCc3ccccc3)c2SCc2ccccc2)cc1. The predicted molar refractivity (Wildman–Crippen MR) is 384 cm³/mol. The molecule has 0 saturated heterocycles. The smallest absolute Gasteiger partial charge is 0.356 e. The first kappa shape index (κ1) is 62.8. The maximum atomic E-state index is 5.70. The molecule has 13 rings (SSSR count). The fourth-order valence-corrected chi connectivity index (χ4v) is 18.5. The molecule has 0 radical (unpaired) electrons. The molecule has 0 aliphatic carbocycles. The molecular formula is C72H56MgN8S8. The third-order valence-corrected chi connectivity index (χ3v) is 23.7. The number of rotatable bonds is 24. The standard InChI is InChI=1S/C72H56N8S8.Mg/c1-9-25-49(26-10-1)41-81-57-58(82-42-50-27-11-2-12-28-50)66-73-65(57)77-67-59(83-43-51-29-13-3-14-30-51)60(84-44-52-31-15-4-16-32-52)69(74-67)79-71-63(87-47-55-37-21-7-22-38-55)64(88-48-56-39-23-8-24-40-56)72(76-71)80-70-62(86-46-54-35-19-6-20-36-54)61(68(75-70)78-66)85-45-53-33-17-5-18-34-53;/h1-40H,41-48H2;/q-2;+2. The van der Waals surface area contributed by atoms with Crippen molar-refractivity contribution in [3.8, 4) is 0 Å². The minimum Gasteiger partial charge on any atom is -0.356 e. The van der Waals surface area contributed by atoms with Crippen LogP contribution in [0.25, 0.3) is 42.2 Å². The van der Waals surface area contributed by atoms with Crippen molar-refractivity contribution in [2.45, 2.75) is 65.6 Å². The van der Waals surface area contributed by atoms with E-state index in [2.05, 4.69) is 243 Å². The predicted octanol–water partition coefficient (Wildman–Crippen LogP) is 19.3. The van der Waals surface area contributed by atoms with Crippen LogP contribution < -0.4 is 9.97 Å². The Labute approximate surface area is 569 Å². The van der Waals surface area contributed by atoms with Gasteiger partial charge in [-0.1, -0.05) is 243 Å². The fraction of sp³-hybridized carbons (Fsp3) is 0.111. The summed E-state index contributed by atoms with van der Waals surface area (Å²) in [4.78, 5) is 52.5. The maximum absolute atomic E-state index is 5.70. The normalized spacial score (nSPS) is 12.1. The van der Waals surface area contributed by atoms with E-state index < -0.39 is 0 Å². The van der Waals surface area contributed by atoms with Gasteiger partial charge < -0.3 is 29.9 Å². The second-order valence-corrected chi connectivity index (χ2v) is 28.2. The first-order valence-corrected chi connectivity index (χ1v) is 36.5. The number of hydrogen-bond donors (Lipinski definition) is 0. The zero-order valence-corrected chi connectivity index (χ0v) is 56.2. The average Bonchev–Trinajstić information content (AvgIpc) is 2.16. The molecule has 8 aromatic carbocycles. The van der Waals surface area contributed by atoms with E-state index in [1.165, 1.54) is 44.5 Å². The summed E-state index contributed by atoms with van der Waals surface area (Å²) in [5, 5.41) is 0. The fourth-order valence-electron chi connectivity index (χ4n) is 9.51. The molecule has 434 valence electrons. The van der Waals surface area contributed by atoms with Gasteiger partial charge in [0.2, 0.25) is 0 Å². The Balaban J connectivity index is 0.00000769. The molecule has 0 amide bonds. The summed E-state index contributed by atoms with van der Waals surface area (Å²) in [5.74, 6) is 7.68. The number of benzene rings is 8. The molecule has 0 atom stereocenters. The van der Waals surface area contributed by atoms with Crippen molar-refractivity contribution in [2.24, 2.45) is 0 Å². The summed E-state index contributed by atoms with van der Waals surface area (Å²) in [6.07, 6.45) is 0. The Morgan fingerprint density at radius 2 is 0.360 bits per heavy atom. The van der Waals surface area contributed by atoms with E-state index in [1.54, 1.807) is 94.1 Å². The molecule has 0 N–H and O–H groups in total. The van der Waals surface area contributed by atoms with Crippen LogP contribution in [0.3, 0.4) is 0 Å². The van der Waals surface area contributed by atoms with Crippen molar-refractivity contribution in [3.63, 3.8) is 0 Å². The third kappa shape index (κ3) is 16.4. The van der Waals surface area contributed by atoms with Crippen LogP contribution in [0.4, 0.5) is 0 Å². The molecule has 0 unspecified atom stereocenters. The summed E-state index contributed by atoms with van der Waals surface area (Å²) in [7, 11) is 0. The number of thioether (sulfide) groups is 8. The van der Waals surface area contributed by atoms with Gasteiger partial charge in [-0.15, -0.1) is 94.1 Å². The number of nitrogens with zero attached hydrogens (tertiary/aromatic N) is 8. The minimum absolute atomic E-state index is 0. The first-order valence-electron chi connectivity index (χ1n) is 28.6. The van der Waals surface area contributed by atoms with Crippen molar-refractivity contribution in [1.82, 2.24) is 39.9 Å². The van der Waals surface area contributed by atoms with Gasteiger partial charge >= 0.3 is 23.1 Å². The summed E-state index contributed by atoms with van der Waals surface area (Å²) >= 11 is 13.9. The van der Waals surface area contributed by atoms with Crippen LogP contribution in [0.5, 0.6) is 0 Å². The third-order valence-electron chi connectivity index (χ3n) is 14.0. The molecule has 2 aliphatic heterocycles. The van der Waals surface area contributed by atoms with Gasteiger partial charge in [0.15, 0.2) is 0 Å². The van der Waals surface area contributed by atoms with E-state index in [1.807, 2.05) is 0 Å². The van der Waals surface area contributed by atoms with Gasteiger partial charge in [-0.2, -0.15) is 0 Å². The summed E-state index contributed by atoms with van der Waals surface area (Å²) in [6, 6.07) is 84.9. The number of hydrogen-bond acceptors (Lipinski definition) is 14. The first-order chi connectivity index (χ1) is 43.6. The zero-order valence-electron chi connectivity index (χ0n) is 48.3. The Morgan fingerprint density at radius 3 is 0.528 bits per heavy atom. The Bertz CT molecular complexity index is 3820. The van der Waals surface area contributed by atoms with E-state index >= 15 is 0 Å². The van der Waals surface area contributed by atoms with Crippen molar-refractivity contribution >= 4 is 159 Å². The van der Waals surface area contributed by atoms with Crippen LogP contribution in [0.15, 0.2) is 262 Å². The van der Waals surface area contributed by atoms with Crippen LogP contribution in [0.2, 0.25) is 0 Å². The van der Waals surface area contributed by atoms with Gasteiger partial charge in [-0.3, -0.25) is 0 Å². The molecule has 0 fully saturated rings. The molecule has 89 heavy (non-hydrogen) atoms. The zero-order chi connectivity index (χ0) is 59.1. The van der Waals surface area contributed by atoms with Gasteiger partial charge in [0, 0.05) is 88.2 Å². The van der Waals surface area contributed by atoms with Gasteiger partial charge in [-0.25, -0.2) is 9.97 Å². The molecule has 8 nitrogen and oxygen atoms in total. The van der Waals surface area contributed by atoms with Crippen molar-refractivity contribution < 1.29 is 0 Å². The molecule has 17 heteroatoms. The van der Waals surface area contributed by atoms with E-state index in [-0.39, 0.29) is 23.1 Å². The summed E-state index contributed by atoms with van der Waals surface area (Å²) < 4.78 is 0. The van der Waals surface area contributed by atoms with E-state index in [9.17, 15) is 0 Å². The second-order valence-electron chi connectivity index (χ2n) is 20.3. The summed E-state index contributed by atoms with van der Waals surface area (Å²) in [5.41, 5.74) is 11.7. The number of aromatic nitrogens is 8. The van der Waals surface area contributed by atoms with Crippen LogP contribution in [-0.4, -0.2) is 53.0 Å². The van der Waals surface area contributed by atoms with Gasteiger partial charge in [0.1, 0.15) is 0 Å². The molecule has 5 heterocycles. The van der Waals surface area contributed by atoms with E-state index in [0.717, 1.165) is 39.2 Å². The molecular weight excluding hydrogens is 1260 g/mol. The van der Waals surface area contributed by atoms with Crippen molar-refractivity contribution in [2.75, 3.05) is 0 Å². The Kier molecular flexibility index (Phi) is 22.3.